The van der Waals surface area contributed by atoms with Crippen molar-refractivity contribution in [3.8, 4) is 5.75 Å². The molecular weight excluding hydrogens is 190 g/mol. The number of rotatable bonds is 4. The first kappa shape index (κ1) is 11.6. The number of benzene rings is 1. The summed E-state index contributed by atoms with van der Waals surface area (Å²) in [6.07, 6.45) is 0.357. The molecule has 1 aromatic carbocycles. The van der Waals surface area contributed by atoms with Gasteiger partial charge < -0.3 is 10.0 Å². The Morgan fingerprint density at radius 1 is 1.33 bits per heavy atom. The Bertz CT molecular complexity index is 332. The van der Waals surface area contributed by atoms with E-state index in [9.17, 15) is 9.90 Å². The molecule has 0 unspecified atom stereocenters. The van der Waals surface area contributed by atoms with Gasteiger partial charge in [0.1, 0.15) is 5.75 Å². The van der Waals surface area contributed by atoms with Crippen molar-refractivity contribution >= 4 is 5.91 Å². The SMILES string of the molecule is CCN(CC)C(=O)Cc1cccc(O)c1. The van der Waals surface area contributed by atoms with Gasteiger partial charge in [0.05, 0.1) is 6.42 Å². The summed E-state index contributed by atoms with van der Waals surface area (Å²) in [4.78, 5) is 13.5. The molecule has 0 aliphatic carbocycles. The van der Waals surface area contributed by atoms with Crippen molar-refractivity contribution in [2.45, 2.75) is 20.3 Å². The average molecular weight is 207 g/mol. The molecule has 0 saturated heterocycles. The zero-order chi connectivity index (χ0) is 11.3. The highest BCUT2D eigenvalue weighted by molar-refractivity contribution is 5.78. The zero-order valence-electron chi connectivity index (χ0n) is 9.23. The van der Waals surface area contributed by atoms with Gasteiger partial charge in [-0.25, -0.2) is 0 Å². The molecule has 1 amide bonds. The highest BCUT2D eigenvalue weighted by Crippen LogP contribution is 2.12. The molecule has 0 aliphatic heterocycles. The summed E-state index contributed by atoms with van der Waals surface area (Å²) in [5, 5.41) is 9.25. The van der Waals surface area contributed by atoms with Crippen molar-refractivity contribution in [1.29, 1.82) is 0 Å². The maximum atomic E-state index is 11.7. The van der Waals surface area contributed by atoms with Crippen LogP contribution in [0.1, 0.15) is 19.4 Å². The average Bonchev–Trinajstić information content (AvgIpc) is 2.19. The van der Waals surface area contributed by atoms with Gasteiger partial charge in [-0.05, 0) is 31.5 Å². The summed E-state index contributed by atoms with van der Waals surface area (Å²) in [5.74, 6) is 0.311. The zero-order valence-corrected chi connectivity index (χ0v) is 9.23. The van der Waals surface area contributed by atoms with Gasteiger partial charge in [-0.3, -0.25) is 4.79 Å². The Kier molecular flexibility index (Phi) is 4.16. The first-order valence-corrected chi connectivity index (χ1v) is 5.23. The second-order valence-corrected chi connectivity index (χ2v) is 3.41. The number of amides is 1. The smallest absolute Gasteiger partial charge is 0.226 e. The van der Waals surface area contributed by atoms with Gasteiger partial charge >= 0.3 is 0 Å². The first-order chi connectivity index (χ1) is 7.17. The third kappa shape index (κ3) is 3.27. The summed E-state index contributed by atoms with van der Waals surface area (Å²) in [7, 11) is 0. The second-order valence-electron chi connectivity index (χ2n) is 3.41. The predicted octanol–water partition coefficient (Wildman–Crippen LogP) is 1.80. The Labute approximate surface area is 90.3 Å². The maximum absolute atomic E-state index is 11.7. The van der Waals surface area contributed by atoms with Crippen molar-refractivity contribution in [1.82, 2.24) is 4.90 Å². The third-order valence-electron chi connectivity index (χ3n) is 2.38. The molecule has 0 atom stereocenters. The lowest BCUT2D eigenvalue weighted by atomic mass is 10.1. The van der Waals surface area contributed by atoms with Crippen LogP contribution in [0.2, 0.25) is 0 Å². The molecular formula is C12H17NO2. The molecule has 82 valence electrons. The van der Waals surface area contributed by atoms with Crippen molar-refractivity contribution in [2.75, 3.05) is 13.1 Å². The molecule has 1 N–H and O–H groups in total. The van der Waals surface area contributed by atoms with E-state index < -0.39 is 0 Å². The molecule has 3 nitrogen and oxygen atoms in total. The molecule has 1 rings (SSSR count). The van der Waals surface area contributed by atoms with Gasteiger partial charge in [-0.15, -0.1) is 0 Å². The molecule has 0 fully saturated rings. The number of phenols is 1. The minimum Gasteiger partial charge on any atom is -0.508 e. The van der Waals surface area contributed by atoms with E-state index in [0.717, 1.165) is 18.7 Å². The van der Waals surface area contributed by atoms with E-state index in [-0.39, 0.29) is 11.7 Å². The van der Waals surface area contributed by atoms with Crippen LogP contribution in [0.3, 0.4) is 0 Å². The van der Waals surface area contributed by atoms with E-state index >= 15 is 0 Å². The summed E-state index contributed by atoms with van der Waals surface area (Å²) in [6, 6.07) is 6.83. The van der Waals surface area contributed by atoms with Crippen molar-refractivity contribution in [2.24, 2.45) is 0 Å². The van der Waals surface area contributed by atoms with Crippen molar-refractivity contribution < 1.29 is 9.90 Å². The summed E-state index contributed by atoms with van der Waals surface area (Å²) >= 11 is 0. The van der Waals surface area contributed by atoms with E-state index in [2.05, 4.69) is 0 Å². The lowest BCUT2D eigenvalue weighted by Gasteiger charge is -2.18. The standard InChI is InChI=1S/C12H17NO2/c1-3-13(4-2)12(15)9-10-6-5-7-11(14)8-10/h5-8,14H,3-4,9H2,1-2H3. The molecule has 1 aromatic rings. The van der Waals surface area contributed by atoms with Crippen LogP contribution >= 0.6 is 0 Å². The molecule has 15 heavy (non-hydrogen) atoms. The quantitative estimate of drug-likeness (QED) is 0.818. The van der Waals surface area contributed by atoms with Crippen LogP contribution in [0.25, 0.3) is 0 Å². The lowest BCUT2D eigenvalue weighted by molar-refractivity contribution is -0.130. The van der Waals surface area contributed by atoms with E-state index in [0.29, 0.717) is 6.42 Å². The van der Waals surface area contributed by atoms with Gasteiger partial charge in [0.15, 0.2) is 0 Å². The largest absolute Gasteiger partial charge is 0.508 e. The number of carbonyl (C=O) groups excluding carboxylic acids is 1. The minimum absolute atomic E-state index is 0.102. The molecule has 3 heteroatoms. The highest BCUT2D eigenvalue weighted by Gasteiger charge is 2.10. The lowest BCUT2D eigenvalue weighted by Crippen LogP contribution is -2.31. The van der Waals surface area contributed by atoms with Crippen LogP contribution in [-0.2, 0) is 11.2 Å². The van der Waals surface area contributed by atoms with Crippen LogP contribution in [0.5, 0.6) is 5.75 Å². The van der Waals surface area contributed by atoms with Crippen LogP contribution in [0.4, 0.5) is 0 Å². The first-order valence-electron chi connectivity index (χ1n) is 5.23. The molecule has 0 bridgehead atoms. The monoisotopic (exact) mass is 207 g/mol. The Balaban J connectivity index is 2.65. The maximum Gasteiger partial charge on any atom is 0.226 e. The Morgan fingerprint density at radius 3 is 2.53 bits per heavy atom. The molecule has 0 saturated carbocycles. The normalized spacial score (nSPS) is 10.0. The number of nitrogens with zero attached hydrogens (tertiary/aromatic N) is 1. The van der Waals surface area contributed by atoms with Gasteiger partial charge in [0.2, 0.25) is 5.91 Å². The van der Waals surface area contributed by atoms with Gasteiger partial charge in [-0.2, -0.15) is 0 Å². The van der Waals surface area contributed by atoms with Crippen LogP contribution in [0.15, 0.2) is 24.3 Å². The fourth-order valence-corrected chi connectivity index (χ4v) is 1.53. The molecule has 0 radical (unpaired) electrons. The number of phenolic OH excluding ortho intramolecular Hbond substituents is 1. The highest BCUT2D eigenvalue weighted by atomic mass is 16.3. The van der Waals surface area contributed by atoms with Crippen LogP contribution < -0.4 is 0 Å². The van der Waals surface area contributed by atoms with Gasteiger partial charge in [0, 0.05) is 13.1 Å². The van der Waals surface area contributed by atoms with Crippen molar-refractivity contribution in [3.05, 3.63) is 29.8 Å². The van der Waals surface area contributed by atoms with E-state index in [1.165, 1.54) is 0 Å². The fourth-order valence-electron chi connectivity index (χ4n) is 1.53. The number of carbonyl (C=O) groups is 1. The Hall–Kier alpha value is -1.51. The van der Waals surface area contributed by atoms with Gasteiger partial charge in [0.25, 0.3) is 0 Å². The van der Waals surface area contributed by atoms with E-state index in [1.54, 1.807) is 23.1 Å². The molecule has 0 aromatic heterocycles. The molecule has 0 heterocycles. The van der Waals surface area contributed by atoms with Crippen molar-refractivity contribution in [3.63, 3.8) is 0 Å². The van der Waals surface area contributed by atoms with Gasteiger partial charge in [-0.1, -0.05) is 12.1 Å². The Morgan fingerprint density at radius 2 is 2.00 bits per heavy atom. The van der Waals surface area contributed by atoms with Crippen LogP contribution in [-0.4, -0.2) is 29.0 Å². The molecule has 0 aliphatic rings. The predicted molar refractivity (Wildman–Crippen MR) is 59.7 cm³/mol. The van der Waals surface area contributed by atoms with E-state index in [4.69, 9.17) is 0 Å². The minimum atomic E-state index is 0.102. The fraction of sp³-hybridized carbons (Fsp3) is 0.417. The summed E-state index contributed by atoms with van der Waals surface area (Å²) in [6.45, 7) is 5.38. The summed E-state index contributed by atoms with van der Waals surface area (Å²) in [5.41, 5.74) is 0.854. The number of hydrogen-bond donors (Lipinski definition) is 1. The third-order valence-corrected chi connectivity index (χ3v) is 2.38. The topological polar surface area (TPSA) is 40.5 Å². The number of aromatic hydroxyl groups is 1. The van der Waals surface area contributed by atoms with E-state index in [1.807, 2.05) is 19.9 Å². The number of likely N-dealkylation sites (N-methyl/N-ethyl adjacent to an activating group) is 1. The molecule has 0 spiro atoms. The second kappa shape index (κ2) is 5.39. The van der Waals surface area contributed by atoms with Crippen LogP contribution in [0, 0.1) is 0 Å². The number of hydrogen-bond acceptors (Lipinski definition) is 2. The summed E-state index contributed by atoms with van der Waals surface area (Å²) < 4.78 is 0.